The van der Waals surface area contributed by atoms with Crippen LogP contribution in [0.3, 0.4) is 0 Å². The number of nitrogens with zero attached hydrogens (tertiary/aromatic N) is 3. The van der Waals surface area contributed by atoms with Crippen molar-refractivity contribution < 1.29 is 12.8 Å². The fourth-order valence-electron chi connectivity index (χ4n) is 3.37. The molecule has 0 bridgehead atoms. The average Bonchev–Trinajstić information content (AvgIpc) is 2.81. The van der Waals surface area contributed by atoms with Crippen molar-refractivity contribution in [2.75, 3.05) is 23.9 Å². The average molecular weight is 534 g/mol. The van der Waals surface area contributed by atoms with Crippen molar-refractivity contribution in [3.05, 3.63) is 66.6 Å². The van der Waals surface area contributed by atoms with Gasteiger partial charge in [0.25, 0.3) is 0 Å². The maximum absolute atomic E-state index is 13.1. The van der Waals surface area contributed by atoms with Gasteiger partial charge in [0, 0.05) is 0 Å². The first kappa shape index (κ1) is 23.2. The molecule has 0 amide bonds. The zero-order valence-corrected chi connectivity index (χ0v) is 21.0. The Morgan fingerprint density at radius 2 is 1.75 bits per heavy atom. The molecule has 2 aromatic carbocycles. The normalized spacial score (nSPS) is 15.5. The van der Waals surface area contributed by atoms with Crippen LogP contribution >= 0.6 is 11.8 Å². The van der Waals surface area contributed by atoms with Crippen molar-refractivity contribution in [2.45, 2.75) is 23.8 Å². The number of anilines is 2. The first-order valence-electron chi connectivity index (χ1n) is 10.1. The Hall–Kier alpha value is -1.93. The molecule has 1 aliphatic heterocycles. The number of rotatable bonds is 7. The summed E-state index contributed by atoms with van der Waals surface area (Å²) in [5, 5.41) is 3.14. The van der Waals surface area contributed by atoms with E-state index in [0.29, 0.717) is 15.3 Å². The van der Waals surface area contributed by atoms with Gasteiger partial charge in [-0.1, -0.05) is 0 Å². The zero-order chi connectivity index (χ0) is 22.6. The molecule has 1 saturated heterocycles. The van der Waals surface area contributed by atoms with Gasteiger partial charge in [-0.25, -0.2) is 0 Å². The van der Waals surface area contributed by atoms with Gasteiger partial charge in [-0.3, -0.25) is 0 Å². The molecule has 1 radical (unpaired) electrons. The maximum atomic E-state index is 13.1. The Balaban J connectivity index is 1.44. The molecule has 1 fully saturated rings. The third-order valence-electron chi connectivity index (χ3n) is 5.21. The van der Waals surface area contributed by atoms with E-state index in [0.717, 1.165) is 34.4 Å². The van der Waals surface area contributed by atoms with Crippen LogP contribution in [0.25, 0.3) is 0 Å². The van der Waals surface area contributed by atoms with Crippen LogP contribution in [0.15, 0.2) is 65.7 Å². The molecule has 1 N–H and O–H groups in total. The van der Waals surface area contributed by atoms with E-state index >= 15 is 0 Å². The Bertz CT molecular complexity index is 1160. The van der Waals surface area contributed by atoms with E-state index in [1.807, 2.05) is 23.9 Å². The van der Waals surface area contributed by atoms with Crippen LogP contribution in [0.2, 0.25) is 0 Å². The number of aromatic nitrogens is 2. The Kier molecular flexibility index (Phi) is 7.51. The predicted molar refractivity (Wildman–Crippen MR) is 128 cm³/mol. The van der Waals surface area contributed by atoms with Gasteiger partial charge in [-0.05, 0) is 0 Å². The molecule has 6 nitrogen and oxygen atoms in total. The third-order valence-corrected chi connectivity index (χ3v) is 10.2. The van der Waals surface area contributed by atoms with Gasteiger partial charge in [-0.2, -0.15) is 0 Å². The van der Waals surface area contributed by atoms with Gasteiger partial charge < -0.3 is 0 Å². The van der Waals surface area contributed by atoms with Gasteiger partial charge in [0.1, 0.15) is 0 Å². The second kappa shape index (κ2) is 10.3. The van der Waals surface area contributed by atoms with Crippen LogP contribution in [0, 0.1) is 5.82 Å². The third kappa shape index (κ3) is 5.70. The summed E-state index contributed by atoms with van der Waals surface area (Å²) in [4.78, 5) is 9.21. The van der Waals surface area contributed by atoms with Crippen molar-refractivity contribution >= 4 is 58.0 Å². The van der Waals surface area contributed by atoms with Gasteiger partial charge >= 0.3 is 199 Å². The Morgan fingerprint density at radius 3 is 2.44 bits per heavy atom. The summed E-state index contributed by atoms with van der Waals surface area (Å²) in [6.45, 7) is 0. The summed E-state index contributed by atoms with van der Waals surface area (Å²) >= 11 is 1.37. The molecule has 0 unspecified atom stereocenters. The van der Waals surface area contributed by atoms with Crippen molar-refractivity contribution in [1.29, 1.82) is 0 Å². The summed E-state index contributed by atoms with van der Waals surface area (Å²) < 4.78 is 42.3. The van der Waals surface area contributed by atoms with E-state index in [1.165, 1.54) is 16.4 Å². The molecule has 2 heterocycles. The van der Waals surface area contributed by atoms with Crippen molar-refractivity contribution in [1.82, 2.24) is 14.3 Å². The van der Waals surface area contributed by atoms with E-state index < -0.39 is 25.8 Å². The van der Waals surface area contributed by atoms with Crippen LogP contribution in [0.1, 0.15) is 12.8 Å². The zero-order valence-electron chi connectivity index (χ0n) is 17.5. The molecule has 3 aromatic rings. The van der Waals surface area contributed by atoms with Gasteiger partial charge in [0.05, 0.1) is 0 Å². The molecule has 1 aromatic heterocycles. The van der Waals surface area contributed by atoms with Gasteiger partial charge in [-0.15, -0.1) is 0 Å². The predicted octanol–water partition coefficient (Wildman–Crippen LogP) is 2.53. The summed E-state index contributed by atoms with van der Waals surface area (Å²) in [6.07, 6.45) is 3.46. The minimum absolute atomic E-state index is 0.0667. The van der Waals surface area contributed by atoms with Crippen LogP contribution < -0.4 is 14.3 Å². The summed E-state index contributed by atoms with van der Waals surface area (Å²) in [6, 6.07) is 14.9. The molecule has 32 heavy (non-hydrogen) atoms. The van der Waals surface area contributed by atoms with Gasteiger partial charge in [0.2, 0.25) is 0 Å². The molecule has 0 aliphatic carbocycles. The van der Waals surface area contributed by atoms with E-state index in [2.05, 4.69) is 15.3 Å². The number of thioether (sulfide) groups is 1. The van der Waals surface area contributed by atoms with E-state index in [-0.39, 0.29) is 11.9 Å². The molecule has 1 aliphatic rings. The SMILES string of the molecule is CN(C1CCSCC1)S(=O)(=O)c1ccc([As]c2nccc(Nc3ccc(F)cc3)n2)cc1. The Labute approximate surface area is 198 Å². The summed E-state index contributed by atoms with van der Waals surface area (Å²) in [5.74, 6) is 2.34. The van der Waals surface area contributed by atoms with Crippen molar-refractivity contribution in [3.8, 4) is 0 Å². The number of halogens is 1. The Morgan fingerprint density at radius 1 is 1.06 bits per heavy atom. The van der Waals surface area contributed by atoms with Gasteiger partial charge in [0.15, 0.2) is 0 Å². The topological polar surface area (TPSA) is 75.2 Å². The van der Waals surface area contributed by atoms with Crippen LogP contribution in [-0.2, 0) is 10.0 Å². The number of benzene rings is 2. The van der Waals surface area contributed by atoms with E-state index in [1.54, 1.807) is 43.6 Å². The second-order valence-electron chi connectivity index (χ2n) is 7.34. The molecular formula is C22H23AsFN4O2S2. The molecule has 10 heteroatoms. The first-order chi connectivity index (χ1) is 15.4. The first-order valence-corrected chi connectivity index (χ1v) is 14.6. The molecule has 0 atom stereocenters. The van der Waals surface area contributed by atoms with Crippen LogP contribution in [0.5, 0.6) is 0 Å². The minimum atomic E-state index is -3.51. The van der Waals surface area contributed by atoms with E-state index in [9.17, 15) is 12.8 Å². The monoisotopic (exact) mass is 533 g/mol. The van der Waals surface area contributed by atoms with E-state index in [4.69, 9.17) is 0 Å². The molecule has 167 valence electrons. The molecule has 0 spiro atoms. The molecule has 0 saturated carbocycles. The van der Waals surface area contributed by atoms with Crippen molar-refractivity contribution in [3.63, 3.8) is 0 Å². The summed E-state index contributed by atoms with van der Waals surface area (Å²) in [7, 11) is -1.82. The second-order valence-corrected chi connectivity index (χ2v) is 13.0. The number of sulfonamides is 1. The number of hydrogen-bond acceptors (Lipinski definition) is 6. The fourth-order valence-corrected chi connectivity index (χ4v) is 7.57. The van der Waals surface area contributed by atoms with Crippen LogP contribution in [-0.4, -0.2) is 63.0 Å². The summed E-state index contributed by atoms with van der Waals surface area (Å²) in [5.41, 5.74) is 0.738. The molecular weight excluding hydrogens is 510 g/mol. The van der Waals surface area contributed by atoms with Crippen molar-refractivity contribution in [2.24, 2.45) is 0 Å². The number of nitrogens with one attached hydrogen (secondary N) is 1. The number of hydrogen-bond donors (Lipinski definition) is 1. The quantitative estimate of drug-likeness (QED) is 0.471. The fraction of sp³-hybridized carbons (Fsp3) is 0.273. The van der Waals surface area contributed by atoms with Crippen LogP contribution in [0.4, 0.5) is 15.9 Å². The molecule has 4 rings (SSSR count). The standard InChI is InChI=1S/C22H23AsFN4O2S2/c1-28(19-11-14-31-15-12-19)32(29,30)20-8-2-16(3-9-20)23-22-25-13-10-21(27-22)26-18-6-4-17(24)5-7-18/h2-10,13,19H,11-12,14-15H2,1H3,(H,25,26,27).